The predicted octanol–water partition coefficient (Wildman–Crippen LogP) is 5.10. The standard InChI is InChI=1S/C20H21FN2OS/c1-2-3-4-6-14-7-5-8-16(19(14)21)12-22-20(24)15-9-10-17-18(11-15)25-13-23-17/h5,7-11,13H,2-4,6,12H2,1H3,(H,22,24). The normalized spacial score (nSPS) is 11.0. The van der Waals surface area contributed by atoms with Gasteiger partial charge in [0.05, 0.1) is 15.7 Å². The fourth-order valence-electron chi connectivity index (χ4n) is 2.80. The topological polar surface area (TPSA) is 42.0 Å². The molecule has 0 aliphatic heterocycles. The van der Waals surface area contributed by atoms with Crippen LogP contribution in [0, 0.1) is 5.82 Å². The molecule has 2 aromatic carbocycles. The second-order valence-corrected chi connectivity index (χ2v) is 6.95. The van der Waals surface area contributed by atoms with Gasteiger partial charge in [0.15, 0.2) is 0 Å². The van der Waals surface area contributed by atoms with Crippen molar-refractivity contribution in [3.63, 3.8) is 0 Å². The summed E-state index contributed by atoms with van der Waals surface area (Å²) in [6, 6.07) is 10.8. The van der Waals surface area contributed by atoms with E-state index in [1.165, 1.54) is 11.3 Å². The van der Waals surface area contributed by atoms with Crippen LogP contribution in [0.4, 0.5) is 4.39 Å². The van der Waals surface area contributed by atoms with Crippen molar-refractivity contribution >= 4 is 27.5 Å². The van der Waals surface area contributed by atoms with Gasteiger partial charge in [-0.05, 0) is 36.6 Å². The minimum Gasteiger partial charge on any atom is -0.348 e. The van der Waals surface area contributed by atoms with E-state index in [0.29, 0.717) is 11.1 Å². The zero-order valence-electron chi connectivity index (χ0n) is 14.2. The van der Waals surface area contributed by atoms with Crippen LogP contribution in [-0.2, 0) is 13.0 Å². The lowest BCUT2D eigenvalue weighted by atomic mass is 10.0. The first-order valence-corrected chi connectivity index (χ1v) is 9.44. The highest BCUT2D eigenvalue weighted by molar-refractivity contribution is 7.16. The van der Waals surface area contributed by atoms with E-state index in [9.17, 15) is 9.18 Å². The molecule has 0 saturated heterocycles. The summed E-state index contributed by atoms with van der Waals surface area (Å²) in [4.78, 5) is 16.5. The Morgan fingerprint density at radius 1 is 1.20 bits per heavy atom. The Balaban J connectivity index is 1.66. The molecule has 1 aromatic heterocycles. The van der Waals surface area contributed by atoms with Gasteiger partial charge in [0.1, 0.15) is 5.82 Å². The number of hydrogen-bond acceptors (Lipinski definition) is 3. The summed E-state index contributed by atoms with van der Waals surface area (Å²) in [5.74, 6) is -0.400. The molecular formula is C20H21FN2OS. The summed E-state index contributed by atoms with van der Waals surface area (Å²) in [6.45, 7) is 2.32. The molecule has 5 heteroatoms. The zero-order valence-corrected chi connectivity index (χ0v) is 15.0. The predicted molar refractivity (Wildman–Crippen MR) is 100 cm³/mol. The molecule has 3 aromatic rings. The lowest BCUT2D eigenvalue weighted by molar-refractivity contribution is 0.0950. The van der Waals surface area contributed by atoms with Crippen LogP contribution in [0.15, 0.2) is 41.9 Å². The minimum atomic E-state index is -0.203. The molecular weight excluding hydrogens is 335 g/mol. The second kappa shape index (κ2) is 8.21. The first-order chi connectivity index (χ1) is 12.2. The molecule has 0 aliphatic rings. The Bertz CT molecular complexity index is 875. The van der Waals surface area contributed by atoms with E-state index in [0.717, 1.165) is 41.5 Å². The molecule has 3 rings (SSSR count). The van der Waals surface area contributed by atoms with Gasteiger partial charge < -0.3 is 5.32 Å². The molecule has 0 saturated carbocycles. The van der Waals surface area contributed by atoms with Crippen molar-refractivity contribution in [3.8, 4) is 0 Å². The van der Waals surface area contributed by atoms with Crippen LogP contribution >= 0.6 is 11.3 Å². The minimum absolute atomic E-state index is 0.188. The highest BCUT2D eigenvalue weighted by Crippen LogP contribution is 2.19. The molecule has 0 spiro atoms. The third-order valence-corrected chi connectivity index (χ3v) is 5.03. The Labute approximate surface area is 150 Å². The number of benzene rings is 2. The maximum absolute atomic E-state index is 14.6. The SMILES string of the molecule is CCCCCc1cccc(CNC(=O)c2ccc3ncsc3c2)c1F. The number of fused-ring (bicyclic) bond motifs is 1. The quantitative estimate of drug-likeness (QED) is 0.599. The average Bonchev–Trinajstić information content (AvgIpc) is 3.09. The van der Waals surface area contributed by atoms with E-state index in [1.54, 1.807) is 17.6 Å². The first kappa shape index (κ1) is 17.5. The number of carbonyl (C=O) groups excluding carboxylic acids is 1. The Morgan fingerprint density at radius 2 is 2.04 bits per heavy atom. The van der Waals surface area contributed by atoms with Gasteiger partial charge in [-0.25, -0.2) is 9.37 Å². The van der Waals surface area contributed by atoms with E-state index in [1.807, 2.05) is 24.3 Å². The van der Waals surface area contributed by atoms with Crippen molar-refractivity contribution in [1.29, 1.82) is 0 Å². The summed E-state index contributed by atoms with van der Waals surface area (Å²) in [5, 5.41) is 2.81. The number of aryl methyl sites for hydroxylation is 1. The van der Waals surface area contributed by atoms with Crippen LogP contribution in [0.5, 0.6) is 0 Å². The maximum Gasteiger partial charge on any atom is 0.251 e. The third kappa shape index (κ3) is 4.23. The largest absolute Gasteiger partial charge is 0.348 e. The molecule has 130 valence electrons. The fraction of sp³-hybridized carbons (Fsp3) is 0.300. The van der Waals surface area contributed by atoms with Crippen LogP contribution in [-0.4, -0.2) is 10.9 Å². The van der Waals surface area contributed by atoms with Gasteiger partial charge in [-0.15, -0.1) is 11.3 Å². The van der Waals surface area contributed by atoms with Crippen molar-refractivity contribution in [1.82, 2.24) is 10.3 Å². The Hall–Kier alpha value is -2.27. The molecule has 0 bridgehead atoms. The van der Waals surface area contributed by atoms with Crippen molar-refractivity contribution in [2.45, 2.75) is 39.2 Å². The molecule has 0 aliphatic carbocycles. The molecule has 0 unspecified atom stereocenters. The lowest BCUT2D eigenvalue weighted by Gasteiger charge is -2.10. The summed E-state index contributed by atoms with van der Waals surface area (Å²) in [6.07, 6.45) is 3.93. The lowest BCUT2D eigenvalue weighted by Crippen LogP contribution is -2.23. The molecule has 1 amide bonds. The number of hydrogen-bond donors (Lipinski definition) is 1. The van der Waals surface area contributed by atoms with Gasteiger partial charge in [0.25, 0.3) is 5.91 Å². The van der Waals surface area contributed by atoms with Gasteiger partial charge in [0.2, 0.25) is 0 Å². The van der Waals surface area contributed by atoms with Crippen molar-refractivity contribution in [2.75, 3.05) is 0 Å². The molecule has 0 fully saturated rings. The van der Waals surface area contributed by atoms with Gasteiger partial charge in [-0.2, -0.15) is 0 Å². The summed E-state index contributed by atoms with van der Waals surface area (Å²) >= 11 is 1.50. The molecule has 0 atom stereocenters. The number of rotatable bonds is 7. The maximum atomic E-state index is 14.6. The number of unbranched alkanes of at least 4 members (excludes halogenated alkanes) is 2. The monoisotopic (exact) mass is 356 g/mol. The highest BCUT2D eigenvalue weighted by Gasteiger charge is 2.11. The van der Waals surface area contributed by atoms with Gasteiger partial charge >= 0.3 is 0 Å². The van der Waals surface area contributed by atoms with Crippen LogP contribution in [0.25, 0.3) is 10.2 Å². The number of nitrogens with zero attached hydrogens (tertiary/aromatic N) is 1. The number of amides is 1. The van der Waals surface area contributed by atoms with E-state index in [4.69, 9.17) is 0 Å². The molecule has 0 radical (unpaired) electrons. The van der Waals surface area contributed by atoms with Crippen LogP contribution in [0.2, 0.25) is 0 Å². The van der Waals surface area contributed by atoms with Gasteiger partial charge in [-0.3, -0.25) is 4.79 Å². The van der Waals surface area contributed by atoms with E-state index in [2.05, 4.69) is 17.2 Å². The Kier molecular flexibility index (Phi) is 5.76. The number of nitrogens with one attached hydrogen (secondary N) is 1. The van der Waals surface area contributed by atoms with E-state index < -0.39 is 0 Å². The molecule has 25 heavy (non-hydrogen) atoms. The van der Waals surface area contributed by atoms with Gasteiger partial charge in [0, 0.05) is 17.7 Å². The molecule has 3 nitrogen and oxygen atoms in total. The van der Waals surface area contributed by atoms with E-state index >= 15 is 0 Å². The zero-order chi connectivity index (χ0) is 17.6. The smallest absolute Gasteiger partial charge is 0.251 e. The Morgan fingerprint density at radius 3 is 2.88 bits per heavy atom. The first-order valence-electron chi connectivity index (χ1n) is 8.56. The third-order valence-electron chi connectivity index (χ3n) is 4.24. The highest BCUT2D eigenvalue weighted by atomic mass is 32.1. The number of aromatic nitrogens is 1. The summed E-state index contributed by atoms with van der Waals surface area (Å²) < 4.78 is 15.5. The van der Waals surface area contributed by atoms with Crippen molar-refractivity contribution in [3.05, 3.63) is 64.4 Å². The average molecular weight is 356 g/mol. The van der Waals surface area contributed by atoms with Crippen LogP contribution in [0.1, 0.15) is 47.7 Å². The number of thiazole rings is 1. The van der Waals surface area contributed by atoms with Crippen molar-refractivity contribution < 1.29 is 9.18 Å². The number of carbonyl (C=O) groups is 1. The molecule has 1 N–H and O–H groups in total. The van der Waals surface area contributed by atoms with Crippen LogP contribution in [0.3, 0.4) is 0 Å². The summed E-state index contributed by atoms with van der Waals surface area (Å²) in [5.41, 5.74) is 4.46. The number of halogens is 1. The summed E-state index contributed by atoms with van der Waals surface area (Å²) in [7, 11) is 0. The van der Waals surface area contributed by atoms with E-state index in [-0.39, 0.29) is 18.3 Å². The fourth-order valence-corrected chi connectivity index (χ4v) is 3.52. The molecule has 1 heterocycles. The van der Waals surface area contributed by atoms with Gasteiger partial charge in [-0.1, -0.05) is 38.0 Å². The van der Waals surface area contributed by atoms with Crippen LogP contribution < -0.4 is 5.32 Å². The van der Waals surface area contributed by atoms with Crippen molar-refractivity contribution in [2.24, 2.45) is 0 Å². The second-order valence-electron chi connectivity index (χ2n) is 6.06.